The number of benzene rings is 2. The van der Waals surface area contributed by atoms with E-state index in [1.165, 1.54) is 0 Å². The Morgan fingerprint density at radius 2 is 1.69 bits per heavy atom. The molecule has 0 bridgehead atoms. The molecule has 0 aliphatic heterocycles. The van der Waals surface area contributed by atoms with E-state index in [9.17, 15) is 9.90 Å². The molecule has 0 saturated carbocycles. The van der Waals surface area contributed by atoms with Gasteiger partial charge < -0.3 is 9.84 Å². The van der Waals surface area contributed by atoms with Gasteiger partial charge >= 0.3 is 0 Å². The van der Waals surface area contributed by atoms with Crippen LogP contribution in [-0.4, -0.2) is 17.5 Å². The number of rotatable bonds is 4. The summed E-state index contributed by atoms with van der Waals surface area (Å²) in [5.41, 5.74) is 4.68. The van der Waals surface area contributed by atoms with Gasteiger partial charge in [0.1, 0.15) is 11.5 Å². The Kier molecular flexibility index (Phi) is 4.90. The molecule has 2 aromatic rings. The monoisotopic (exact) mass is 350 g/mol. The Balaban J connectivity index is 2.13. The van der Waals surface area contributed by atoms with E-state index in [0.717, 1.165) is 40.0 Å². The first-order valence-corrected chi connectivity index (χ1v) is 9.10. The lowest BCUT2D eigenvalue weighted by Gasteiger charge is -2.32. The minimum absolute atomic E-state index is 0.0758. The third-order valence-electron chi connectivity index (χ3n) is 4.86. The number of carbonyl (C=O) groups excluding carboxylic acids is 1. The molecule has 0 atom stereocenters. The molecule has 0 unspecified atom stereocenters. The molecule has 0 amide bonds. The highest BCUT2D eigenvalue weighted by molar-refractivity contribution is 6.22. The number of aryl methyl sites for hydroxylation is 1. The molecule has 0 heterocycles. The predicted molar refractivity (Wildman–Crippen MR) is 105 cm³/mol. The van der Waals surface area contributed by atoms with Crippen LogP contribution in [0.5, 0.6) is 5.75 Å². The van der Waals surface area contributed by atoms with E-state index >= 15 is 0 Å². The summed E-state index contributed by atoms with van der Waals surface area (Å²) < 4.78 is 5.90. The fourth-order valence-electron chi connectivity index (χ4n) is 3.59. The van der Waals surface area contributed by atoms with Gasteiger partial charge in [0.25, 0.3) is 0 Å². The van der Waals surface area contributed by atoms with Gasteiger partial charge in [-0.1, -0.05) is 38.1 Å². The SMILES string of the molecule is CCOC1=C(c2cc(-c3ccc(O)cc3)ccc2C)C(=O)CC(C)(C)C1. The average molecular weight is 350 g/mol. The molecule has 3 nitrogen and oxygen atoms in total. The van der Waals surface area contributed by atoms with Crippen molar-refractivity contribution in [3.8, 4) is 16.9 Å². The topological polar surface area (TPSA) is 46.5 Å². The third kappa shape index (κ3) is 3.67. The third-order valence-corrected chi connectivity index (χ3v) is 4.86. The van der Waals surface area contributed by atoms with Gasteiger partial charge in [-0.05, 0) is 59.7 Å². The van der Waals surface area contributed by atoms with Crippen LogP contribution in [0.1, 0.15) is 44.7 Å². The normalized spacial score (nSPS) is 16.7. The van der Waals surface area contributed by atoms with Crippen molar-refractivity contribution in [2.45, 2.75) is 40.5 Å². The molecule has 0 spiro atoms. The smallest absolute Gasteiger partial charge is 0.167 e. The van der Waals surface area contributed by atoms with Crippen molar-refractivity contribution in [2.75, 3.05) is 6.61 Å². The molecule has 3 rings (SSSR count). The zero-order valence-electron chi connectivity index (χ0n) is 15.9. The van der Waals surface area contributed by atoms with Crippen LogP contribution in [0.15, 0.2) is 48.2 Å². The average Bonchev–Trinajstić information content (AvgIpc) is 2.56. The second kappa shape index (κ2) is 6.99. The standard InChI is InChI=1S/C23H26O3/c1-5-26-21-14-23(3,4)13-20(25)22(21)19-12-17(7-6-15(19)2)16-8-10-18(24)11-9-16/h6-12,24H,5,13-14H2,1-4H3. The number of phenolic OH excluding ortho intramolecular Hbond substituents is 1. The molecule has 0 saturated heterocycles. The summed E-state index contributed by atoms with van der Waals surface area (Å²) in [6.45, 7) is 8.76. The number of ether oxygens (including phenoxy) is 1. The second-order valence-corrected chi connectivity index (χ2v) is 7.75. The van der Waals surface area contributed by atoms with Crippen molar-refractivity contribution in [2.24, 2.45) is 5.41 Å². The lowest BCUT2D eigenvalue weighted by Crippen LogP contribution is -2.26. The Morgan fingerprint density at radius 3 is 2.35 bits per heavy atom. The minimum Gasteiger partial charge on any atom is -0.508 e. The van der Waals surface area contributed by atoms with Crippen LogP contribution in [0, 0.1) is 12.3 Å². The molecule has 1 aliphatic carbocycles. The molecule has 1 N–H and O–H groups in total. The Morgan fingerprint density at radius 1 is 1.04 bits per heavy atom. The lowest BCUT2D eigenvalue weighted by molar-refractivity contribution is -0.116. The number of carbonyl (C=O) groups is 1. The van der Waals surface area contributed by atoms with Crippen molar-refractivity contribution in [3.63, 3.8) is 0 Å². The molecular formula is C23H26O3. The van der Waals surface area contributed by atoms with Crippen LogP contribution >= 0.6 is 0 Å². The molecule has 0 fully saturated rings. The number of allylic oxidation sites excluding steroid dienone is 2. The van der Waals surface area contributed by atoms with E-state index in [1.807, 2.05) is 38.1 Å². The summed E-state index contributed by atoms with van der Waals surface area (Å²) in [7, 11) is 0. The molecule has 1 aliphatic rings. The van der Waals surface area contributed by atoms with Gasteiger partial charge in [-0.15, -0.1) is 0 Å². The molecular weight excluding hydrogens is 324 g/mol. The predicted octanol–water partition coefficient (Wildman–Crippen LogP) is 5.50. The fourth-order valence-corrected chi connectivity index (χ4v) is 3.59. The zero-order chi connectivity index (χ0) is 18.9. The summed E-state index contributed by atoms with van der Waals surface area (Å²) in [6.07, 6.45) is 1.30. The highest BCUT2D eigenvalue weighted by Gasteiger charge is 2.35. The molecule has 0 aromatic heterocycles. The fraction of sp³-hybridized carbons (Fsp3) is 0.348. The number of Topliss-reactive ketones (excluding diaryl/α,β-unsaturated/α-hetero) is 1. The summed E-state index contributed by atoms with van der Waals surface area (Å²) in [5, 5.41) is 9.52. The molecule has 3 heteroatoms. The van der Waals surface area contributed by atoms with E-state index in [-0.39, 0.29) is 16.9 Å². The van der Waals surface area contributed by atoms with Crippen LogP contribution in [0.4, 0.5) is 0 Å². The summed E-state index contributed by atoms with van der Waals surface area (Å²) in [6, 6.07) is 13.3. The van der Waals surface area contributed by atoms with Crippen molar-refractivity contribution < 1.29 is 14.6 Å². The molecule has 2 aromatic carbocycles. The number of hydrogen-bond donors (Lipinski definition) is 1. The number of hydrogen-bond acceptors (Lipinski definition) is 3. The summed E-state index contributed by atoms with van der Waals surface area (Å²) >= 11 is 0. The first kappa shape index (κ1) is 18.2. The highest BCUT2D eigenvalue weighted by Crippen LogP contribution is 2.42. The van der Waals surface area contributed by atoms with Crippen molar-refractivity contribution in [3.05, 3.63) is 59.4 Å². The van der Waals surface area contributed by atoms with Crippen LogP contribution in [0.2, 0.25) is 0 Å². The highest BCUT2D eigenvalue weighted by atomic mass is 16.5. The minimum atomic E-state index is -0.0758. The zero-order valence-corrected chi connectivity index (χ0v) is 15.9. The van der Waals surface area contributed by atoms with Gasteiger partial charge in [-0.3, -0.25) is 4.79 Å². The van der Waals surface area contributed by atoms with Gasteiger partial charge in [0.2, 0.25) is 0 Å². The Bertz CT molecular complexity index is 858. The molecule has 136 valence electrons. The number of phenols is 1. The van der Waals surface area contributed by atoms with E-state index in [2.05, 4.69) is 19.9 Å². The van der Waals surface area contributed by atoms with Crippen LogP contribution in [0.3, 0.4) is 0 Å². The van der Waals surface area contributed by atoms with E-state index < -0.39 is 0 Å². The van der Waals surface area contributed by atoms with Gasteiger partial charge in [0, 0.05) is 12.8 Å². The quantitative estimate of drug-likeness (QED) is 0.791. The van der Waals surface area contributed by atoms with Gasteiger partial charge in [-0.2, -0.15) is 0 Å². The van der Waals surface area contributed by atoms with Crippen molar-refractivity contribution in [1.29, 1.82) is 0 Å². The maximum absolute atomic E-state index is 13.0. The van der Waals surface area contributed by atoms with E-state index in [1.54, 1.807) is 12.1 Å². The second-order valence-electron chi connectivity index (χ2n) is 7.75. The van der Waals surface area contributed by atoms with Crippen LogP contribution in [-0.2, 0) is 9.53 Å². The van der Waals surface area contributed by atoms with Crippen LogP contribution < -0.4 is 0 Å². The van der Waals surface area contributed by atoms with Crippen molar-refractivity contribution in [1.82, 2.24) is 0 Å². The number of aromatic hydroxyl groups is 1. The van der Waals surface area contributed by atoms with Crippen LogP contribution in [0.25, 0.3) is 16.7 Å². The summed E-state index contributed by atoms with van der Waals surface area (Å²) in [4.78, 5) is 13.0. The lowest BCUT2D eigenvalue weighted by atomic mass is 9.74. The summed E-state index contributed by atoms with van der Waals surface area (Å²) in [5.74, 6) is 1.20. The van der Waals surface area contributed by atoms with E-state index in [0.29, 0.717) is 13.0 Å². The van der Waals surface area contributed by atoms with Gasteiger partial charge in [-0.25, -0.2) is 0 Å². The molecule has 26 heavy (non-hydrogen) atoms. The maximum atomic E-state index is 13.0. The Hall–Kier alpha value is -2.55. The number of ketones is 1. The van der Waals surface area contributed by atoms with E-state index in [4.69, 9.17) is 4.74 Å². The largest absolute Gasteiger partial charge is 0.508 e. The molecule has 0 radical (unpaired) electrons. The first-order valence-electron chi connectivity index (χ1n) is 9.10. The van der Waals surface area contributed by atoms with Gasteiger partial charge in [0.05, 0.1) is 12.2 Å². The maximum Gasteiger partial charge on any atom is 0.167 e. The van der Waals surface area contributed by atoms with Gasteiger partial charge in [0.15, 0.2) is 5.78 Å². The first-order chi connectivity index (χ1) is 12.3. The Labute approximate surface area is 155 Å². The van der Waals surface area contributed by atoms with Crippen molar-refractivity contribution >= 4 is 11.4 Å².